The van der Waals surface area contributed by atoms with Crippen LogP contribution in [0.3, 0.4) is 0 Å². The van der Waals surface area contributed by atoms with E-state index in [9.17, 15) is 0 Å². The lowest BCUT2D eigenvalue weighted by molar-refractivity contribution is 0.306. The molecule has 0 fully saturated rings. The maximum Gasteiger partial charge on any atom is 0.119 e. The quantitative estimate of drug-likeness (QED) is 0.397. The van der Waals surface area contributed by atoms with E-state index in [1.54, 1.807) is 7.11 Å². The molecular weight excluding hydrogens is 384 g/mol. The number of aryl methyl sites for hydroxylation is 1. The second-order valence-corrected chi connectivity index (χ2v) is 7.13. The van der Waals surface area contributed by atoms with Crippen molar-refractivity contribution in [2.45, 2.75) is 13.5 Å². The molecular formula is C24H21ClN2O2. The van der Waals surface area contributed by atoms with Gasteiger partial charge in [0, 0.05) is 33.0 Å². The molecule has 0 spiro atoms. The van der Waals surface area contributed by atoms with Gasteiger partial charge in [-0.3, -0.25) is 4.98 Å². The second-order valence-electron chi connectivity index (χ2n) is 6.72. The average Bonchev–Trinajstić information content (AvgIpc) is 2.74. The Balaban J connectivity index is 1.52. The third-order valence-electron chi connectivity index (χ3n) is 4.63. The molecule has 1 N–H and O–H groups in total. The second kappa shape index (κ2) is 8.41. The number of benzene rings is 3. The largest absolute Gasteiger partial charge is 0.497 e. The van der Waals surface area contributed by atoms with Gasteiger partial charge in [0.15, 0.2) is 0 Å². The third-order valence-corrected chi connectivity index (χ3v) is 5.00. The third kappa shape index (κ3) is 4.44. The summed E-state index contributed by atoms with van der Waals surface area (Å²) < 4.78 is 11.2. The first kappa shape index (κ1) is 19.1. The Kier molecular flexibility index (Phi) is 5.54. The molecule has 0 aliphatic rings. The van der Waals surface area contributed by atoms with Crippen LogP contribution in [0.2, 0.25) is 5.02 Å². The Bertz CT molecular complexity index is 1140. The van der Waals surface area contributed by atoms with Crippen molar-refractivity contribution >= 4 is 33.9 Å². The number of hydrogen-bond donors (Lipinski definition) is 1. The van der Waals surface area contributed by atoms with Gasteiger partial charge in [0.2, 0.25) is 0 Å². The summed E-state index contributed by atoms with van der Waals surface area (Å²) in [4.78, 5) is 4.60. The highest BCUT2D eigenvalue weighted by Crippen LogP contribution is 2.30. The Hall–Kier alpha value is -3.24. The van der Waals surface area contributed by atoms with Gasteiger partial charge in [-0.1, -0.05) is 29.8 Å². The van der Waals surface area contributed by atoms with Gasteiger partial charge in [-0.2, -0.15) is 0 Å². The van der Waals surface area contributed by atoms with Crippen LogP contribution in [0, 0.1) is 6.92 Å². The first-order valence-corrected chi connectivity index (χ1v) is 9.69. The summed E-state index contributed by atoms with van der Waals surface area (Å²) in [6.45, 7) is 2.42. The van der Waals surface area contributed by atoms with Gasteiger partial charge in [0.05, 0.1) is 12.6 Å². The fourth-order valence-electron chi connectivity index (χ4n) is 3.13. The van der Waals surface area contributed by atoms with E-state index in [4.69, 9.17) is 21.1 Å². The predicted molar refractivity (Wildman–Crippen MR) is 119 cm³/mol. The minimum atomic E-state index is 0.431. The number of pyridine rings is 1. The molecule has 4 rings (SSSR count). The number of nitrogens with zero attached hydrogens (tertiary/aromatic N) is 1. The van der Waals surface area contributed by atoms with Gasteiger partial charge >= 0.3 is 0 Å². The molecule has 0 unspecified atom stereocenters. The Morgan fingerprint density at radius 1 is 0.931 bits per heavy atom. The van der Waals surface area contributed by atoms with E-state index < -0.39 is 0 Å². The normalized spacial score (nSPS) is 10.7. The topological polar surface area (TPSA) is 43.4 Å². The summed E-state index contributed by atoms with van der Waals surface area (Å²) >= 11 is 6.18. The van der Waals surface area contributed by atoms with Crippen LogP contribution in [0.25, 0.3) is 10.9 Å². The van der Waals surface area contributed by atoms with Crippen molar-refractivity contribution in [1.82, 2.24) is 4.98 Å². The Labute approximate surface area is 175 Å². The highest BCUT2D eigenvalue weighted by atomic mass is 35.5. The van der Waals surface area contributed by atoms with Crippen LogP contribution in [-0.4, -0.2) is 12.1 Å². The number of halogens is 1. The van der Waals surface area contributed by atoms with Gasteiger partial charge in [-0.05, 0) is 61.5 Å². The standard InChI is InChI=1S/C24H21ClN2O2/c1-16-13-24(21-14-20(28-2)11-12-23(21)26-16)27-18-7-9-19(10-8-18)29-15-17-5-3-4-6-22(17)25/h3-14H,15H2,1-2H3,(H,26,27). The fourth-order valence-corrected chi connectivity index (χ4v) is 3.32. The molecule has 29 heavy (non-hydrogen) atoms. The number of methoxy groups -OCH3 is 1. The minimum Gasteiger partial charge on any atom is -0.497 e. The zero-order valence-electron chi connectivity index (χ0n) is 16.3. The summed E-state index contributed by atoms with van der Waals surface area (Å²) in [5.74, 6) is 1.59. The zero-order valence-corrected chi connectivity index (χ0v) is 17.0. The van der Waals surface area contributed by atoms with Gasteiger partial charge in [-0.25, -0.2) is 0 Å². The fraction of sp³-hybridized carbons (Fsp3) is 0.125. The van der Waals surface area contributed by atoms with Crippen LogP contribution >= 0.6 is 11.6 Å². The summed E-state index contributed by atoms with van der Waals surface area (Å²) in [6, 6.07) is 23.5. The van der Waals surface area contributed by atoms with Crippen molar-refractivity contribution < 1.29 is 9.47 Å². The Morgan fingerprint density at radius 3 is 2.45 bits per heavy atom. The molecule has 0 aliphatic heterocycles. The molecule has 1 heterocycles. The van der Waals surface area contributed by atoms with Crippen molar-refractivity contribution in [2.75, 3.05) is 12.4 Å². The summed E-state index contributed by atoms with van der Waals surface area (Å²) in [7, 11) is 1.66. The number of rotatable bonds is 6. The molecule has 0 atom stereocenters. The summed E-state index contributed by atoms with van der Waals surface area (Å²) in [5.41, 5.74) is 4.78. The van der Waals surface area contributed by atoms with Gasteiger partial charge in [0.1, 0.15) is 18.1 Å². The monoisotopic (exact) mass is 404 g/mol. The van der Waals surface area contributed by atoms with Crippen molar-refractivity contribution in [3.05, 3.63) is 89.1 Å². The molecule has 5 heteroatoms. The smallest absolute Gasteiger partial charge is 0.119 e. The number of ether oxygens (including phenoxy) is 2. The molecule has 0 aliphatic carbocycles. The SMILES string of the molecule is COc1ccc2nc(C)cc(Nc3ccc(OCc4ccccc4Cl)cc3)c2c1. The van der Waals surface area contributed by atoms with Crippen molar-refractivity contribution in [3.63, 3.8) is 0 Å². The molecule has 146 valence electrons. The van der Waals surface area contributed by atoms with E-state index in [1.807, 2.05) is 79.7 Å². The lowest BCUT2D eigenvalue weighted by atomic mass is 10.1. The van der Waals surface area contributed by atoms with Gasteiger partial charge in [-0.15, -0.1) is 0 Å². The van der Waals surface area contributed by atoms with Crippen LogP contribution in [0.15, 0.2) is 72.8 Å². The molecule has 0 bridgehead atoms. The van der Waals surface area contributed by atoms with Crippen molar-refractivity contribution in [1.29, 1.82) is 0 Å². The van der Waals surface area contributed by atoms with E-state index >= 15 is 0 Å². The Morgan fingerprint density at radius 2 is 1.69 bits per heavy atom. The number of fused-ring (bicyclic) bond motifs is 1. The highest BCUT2D eigenvalue weighted by Gasteiger charge is 2.07. The van der Waals surface area contributed by atoms with E-state index in [2.05, 4.69) is 10.3 Å². The van der Waals surface area contributed by atoms with Crippen molar-refractivity contribution in [3.8, 4) is 11.5 Å². The van der Waals surface area contributed by atoms with Gasteiger partial charge < -0.3 is 14.8 Å². The molecule has 0 saturated carbocycles. The zero-order chi connectivity index (χ0) is 20.2. The van der Waals surface area contributed by atoms with Crippen molar-refractivity contribution in [2.24, 2.45) is 0 Å². The van der Waals surface area contributed by atoms with Crippen LogP contribution in [0.1, 0.15) is 11.3 Å². The number of hydrogen-bond acceptors (Lipinski definition) is 4. The van der Waals surface area contributed by atoms with Crippen LogP contribution < -0.4 is 14.8 Å². The molecule has 3 aromatic carbocycles. The van der Waals surface area contributed by atoms with E-state index in [0.717, 1.165) is 45.0 Å². The van der Waals surface area contributed by atoms with E-state index in [1.165, 1.54) is 0 Å². The molecule has 0 amide bonds. The van der Waals surface area contributed by atoms with E-state index in [-0.39, 0.29) is 0 Å². The highest BCUT2D eigenvalue weighted by molar-refractivity contribution is 6.31. The average molecular weight is 405 g/mol. The maximum absolute atomic E-state index is 6.18. The van der Waals surface area contributed by atoms with Crippen LogP contribution in [-0.2, 0) is 6.61 Å². The van der Waals surface area contributed by atoms with Gasteiger partial charge in [0.25, 0.3) is 0 Å². The molecule has 0 radical (unpaired) electrons. The van der Waals surface area contributed by atoms with Crippen LogP contribution in [0.4, 0.5) is 11.4 Å². The molecule has 0 saturated heterocycles. The molecule has 1 aromatic heterocycles. The molecule has 4 aromatic rings. The lowest BCUT2D eigenvalue weighted by Crippen LogP contribution is -1.97. The number of aromatic nitrogens is 1. The summed E-state index contributed by atoms with van der Waals surface area (Å²) in [6.07, 6.45) is 0. The maximum atomic E-state index is 6.18. The molecule has 4 nitrogen and oxygen atoms in total. The first-order chi connectivity index (χ1) is 14.1. The predicted octanol–water partition coefficient (Wildman–Crippen LogP) is 6.53. The first-order valence-electron chi connectivity index (χ1n) is 9.31. The number of anilines is 2. The number of nitrogens with one attached hydrogen (secondary N) is 1. The van der Waals surface area contributed by atoms with Crippen LogP contribution in [0.5, 0.6) is 11.5 Å². The summed E-state index contributed by atoms with van der Waals surface area (Å²) in [5, 5.41) is 5.19. The lowest BCUT2D eigenvalue weighted by Gasteiger charge is -2.13. The minimum absolute atomic E-state index is 0.431. The van der Waals surface area contributed by atoms with E-state index in [0.29, 0.717) is 11.6 Å².